The maximum Gasteiger partial charge on any atom is 0.132 e. The number of nitrogens with zero attached hydrogens (tertiary/aromatic N) is 4. The maximum absolute atomic E-state index is 6.66. The van der Waals surface area contributed by atoms with E-state index in [4.69, 9.17) is 19.7 Å². The molecular weight excluding hydrogens is 576 g/mol. The molecule has 1 spiro atoms. The Morgan fingerprint density at radius 2 is 1.34 bits per heavy atom. The predicted octanol–water partition coefficient (Wildman–Crippen LogP) is 10.2. The van der Waals surface area contributed by atoms with Crippen molar-refractivity contribution in [1.82, 2.24) is 9.97 Å². The number of ether oxygens (including phenoxy) is 1. The lowest BCUT2D eigenvalue weighted by atomic mass is 9.65. The van der Waals surface area contributed by atoms with Crippen LogP contribution in [0.4, 0.5) is 11.4 Å². The van der Waals surface area contributed by atoms with Crippen molar-refractivity contribution in [3.8, 4) is 33.9 Å². The Morgan fingerprint density at radius 3 is 2.21 bits per heavy atom. The molecule has 0 amide bonds. The number of hydrogen-bond acceptors (Lipinski definition) is 5. The Morgan fingerprint density at radius 1 is 0.638 bits per heavy atom. The van der Waals surface area contributed by atoms with E-state index in [0.29, 0.717) is 0 Å². The fraction of sp³-hybridized carbons (Fsp3) is 0.0476. The summed E-state index contributed by atoms with van der Waals surface area (Å²) in [5.74, 6) is 1.68. The molecule has 2 aliphatic rings. The Labute approximate surface area is 272 Å². The summed E-state index contributed by atoms with van der Waals surface area (Å²) < 4.78 is 6.66. The topological polar surface area (TPSA) is 59.7 Å². The van der Waals surface area contributed by atoms with Gasteiger partial charge in [-0.1, -0.05) is 78.9 Å². The summed E-state index contributed by atoms with van der Waals surface area (Å²) >= 11 is 0. The van der Waals surface area contributed by atoms with E-state index in [-0.39, 0.29) is 0 Å². The average Bonchev–Trinajstić information content (AvgIpc) is 3.41. The minimum absolute atomic E-state index is 0.632. The van der Waals surface area contributed by atoms with Gasteiger partial charge in [0.1, 0.15) is 11.5 Å². The molecule has 5 nitrogen and oxygen atoms in total. The normalized spacial score (nSPS) is 15.8. The highest BCUT2D eigenvalue weighted by Gasteiger charge is 2.51. The highest BCUT2D eigenvalue weighted by molar-refractivity contribution is 6.02. The first kappa shape index (κ1) is 27.1. The van der Waals surface area contributed by atoms with Gasteiger partial charge in [0.15, 0.2) is 0 Å². The van der Waals surface area contributed by atoms with E-state index in [1.165, 1.54) is 22.3 Å². The first-order valence-electron chi connectivity index (χ1n) is 15.6. The van der Waals surface area contributed by atoms with Crippen molar-refractivity contribution in [1.29, 1.82) is 0 Å². The number of rotatable bonds is 4. The van der Waals surface area contributed by atoms with Crippen LogP contribution in [0.1, 0.15) is 34.7 Å². The summed E-state index contributed by atoms with van der Waals surface area (Å²) in [5, 5.41) is 0. The smallest absolute Gasteiger partial charge is 0.132 e. The zero-order valence-corrected chi connectivity index (χ0v) is 25.7. The van der Waals surface area contributed by atoms with Crippen LogP contribution in [-0.2, 0) is 5.41 Å². The zero-order valence-electron chi connectivity index (χ0n) is 25.7. The molecule has 0 bridgehead atoms. The summed E-state index contributed by atoms with van der Waals surface area (Å²) in [4.78, 5) is 18.9. The number of aliphatic imine (C=N–C) groups is 2. The van der Waals surface area contributed by atoms with Crippen LogP contribution in [0.15, 0.2) is 150 Å². The van der Waals surface area contributed by atoms with Gasteiger partial charge >= 0.3 is 0 Å². The van der Waals surface area contributed by atoms with E-state index in [2.05, 4.69) is 90.6 Å². The molecule has 1 unspecified atom stereocenters. The SMILES string of the molecule is C=Nc1ccccc1N=C(C)c1ccc2c(c1)C1(c3ccccc3O2)c2ccccc2-c2ccc(-c3cnc4ccccc4n3)cc21. The number of hydrogen-bond donors (Lipinski definition) is 0. The standard InChI is InChI=1S/C42H28N4O/c1-26(45-37-16-8-6-14-35(37)43-2)27-20-22-41-34(23-27)42(32-13-5-10-18-40(32)47-41)31-12-4-3-11-29(31)30-21-19-28(24-33(30)42)39-25-44-36-15-7-9-17-38(36)46-39/h3-25H,2H2,1H3. The molecule has 0 fully saturated rings. The molecule has 0 N–H and O–H groups in total. The molecular formula is C42H28N4O. The molecule has 7 aromatic rings. The van der Waals surface area contributed by atoms with Gasteiger partial charge in [-0.15, -0.1) is 0 Å². The van der Waals surface area contributed by atoms with Crippen molar-refractivity contribution in [2.75, 3.05) is 0 Å². The highest BCUT2D eigenvalue weighted by atomic mass is 16.5. The predicted molar refractivity (Wildman–Crippen MR) is 190 cm³/mol. The third-order valence-corrected chi connectivity index (χ3v) is 9.44. The quantitative estimate of drug-likeness (QED) is 0.188. The van der Waals surface area contributed by atoms with Gasteiger partial charge in [-0.2, -0.15) is 0 Å². The number of para-hydroxylation sites is 5. The summed E-state index contributed by atoms with van der Waals surface area (Å²) in [6.45, 7) is 5.78. The highest BCUT2D eigenvalue weighted by Crippen LogP contribution is 2.62. The molecule has 0 saturated heterocycles. The first-order valence-corrected chi connectivity index (χ1v) is 15.6. The first-order chi connectivity index (χ1) is 23.1. The molecule has 1 aromatic heterocycles. The van der Waals surface area contributed by atoms with E-state index in [0.717, 1.165) is 67.6 Å². The summed E-state index contributed by atoms with van der Waals surface area (Å²) in [7, 11) is 0. The Bertz CT molecular complexity index is 2450. The van der Waals surface area contributed by atoms with Crippen LogP contribution in [0.5, 0.6) is 11.5 Å². The lowest BCUT2D eigenvalue weighted by molar-refractivity contribution is 0.436. The van der Waals surface area contributed by atoms with Crippen molar-refractivity contribution >= 4 is 34.8 Å². The molecule has 6 aromatic carbocycles. The minimum Gasteiger partial charge on any atom is -0.457 e. The number of benzene rings is 6. The second-order valence-electron chi connectivity index (χ2n) is 12.0. The molecule has 1 atom stereocenters. The maximum atomic E-state index is 6.66. The third-order valence-electron chi connectivity index (χ3n) is 9.44. The van der Waals surface area contributed by atoms with Crippen LogP contribution >= 0.6 is 0 Å². The molecule has 0 radical (unpaired) electrons. The molecule has 0 saturated carbocycles. The van der Waals surface area contributed by atoms with E-state index in [1.54, 1.807) is 0 Å². The number of aromatic nitrogens is 2. The Balaban J connectivity index is 1.31. The monoisotopic (exact) mass is 604 g/mol. The van der Waals surface area contributed by atoms with Gasteiger partial charge in [-0.3, -0.25) is 15.0 Å². The fourth-order valence-electron chi connectivity index (χ4n) is 7.32. The van der Waals surface area contributed by atoms with Gasteiger partial charge in [-0.05, 0) is 96.1 Å². The van der Waals surface area contributed by atoms with E-state index in [9.17, 15) is 0 Å². The van der Waals surface area contributed by atoms with Crippen LogP contribution in [-0.4, -0.2) is 22.4 Å². The van der Waals surface area contributed by atoms with Crippen molar-refractivity contribution < 1.29 is 4.74 Å². The van der Waals surface area contributed by atoms with Gasteiger partial charge in [-0.25, -0.2) is 4.98 Å². The summed E-state index contributed by atoms with van der Waals surface area (Å²) in [6, 6.07) is 46.1. The molecule has 1 aliphatic heterocycles. The van der Waals surface area contributed by atoms with Crippen molar-refractivity contribution in [3.63, 3.8) is 0 Å². The lowest BCUT2D eigenvalue weighted by Gasteiger charge is -2.39. The summed E-state index contributed by atoms with van der Waals surface area (Å²) in [5.41, 5.74) is 13.4. The zero-order chi connectivity index (χ0) is 31.5. The van der Waals surface area contributed by atoms with Crippen LogP contribution in [0.25, 0.3) is 33.4 Å². The van der Waals surface area contributed by atoms with Crippen LogP contribution in [0, 0.1) is 0 Å². The van der Waals surface area contributed by atoms with Gasteiger partial charge in [0, 0.05) is 22.4 Å². The molecule has 47 heavy (non-hydrogen) atoms. The van der Waals surface area contributed by atoms with Gasteiger partial charge in [0.25, 0.3) is 0 Å². The van der Waals surface area contributed by atoms with Crippen molar-refractivity contribution in [3.05, 3.63) is 167 Å². The van der Waals surface area contributed by atoms with Crippen molar-refractivity contribution in [2.24, 2.45) is 9.98 Å². The van der Waals surface area contributed by atoms with Gasteiger partial charge in [0.2, 0.25) is 0 Å². The second kappa shape index (κ2) is 10.4. The second-order valence-corrected chi connectivity index (χ2v) is 12.0. The van der Waals surface area contributed by atoms with Gasteiger partial charge in [0.05, 0.1) is 39.7 Å². The molecule has 2 heterocycles. The summed E-state index contributed by atoms with van der Waals surface area (Å²) in [6.07, 6.45) is 1.87. The molecule has 5 heteroatoms. The van der Waals surface area contributed by atoms with E-state index in [1.807, 2.05) is 67.7 Å². The lowest BCUT2D eigenvalue weighted by Crippen LogP contribution is -2.32. The molecule has 222 valence electrons. The minimum atomic E-state index is -0.632. The number of fused-ring (bicyclic) bond motifs is 10. The molecule has 1 aliphatic carbocycles. The Kier molecular flexibility index (Phi) is 6.02. The third kappa shape index (κ3) is 4.03. The van der Waals surface area contributed by atoms with Crippen molar-refractivity contribution in [2.45, 2.75) is 12.3 Å². The van der Waals surface area contributed by atoms with E-state index >= 15 is 0 Å². The fourth-order valence-corrected chi connectivity index (χ4v) is 7.32. The average molecular weight is 605 g/mol. The van der Waals surface area contributed by atoms with Gasteiger partial charge < -0.3 is 4.74 Å². The van der Waals surface area contributed by atoms with E-state index < -0.39 is 5.41 Å². The molecule has 9 rings (SSSR count). The van der Waals surface area contributed by atoms with Crippen LogP contribution in [0.2, 0.25) is 0 Å². The Hall–Kier alpha value is -6.20. The van der Waals surface area contributed by atoms with Crippen LogP contribution < -0.4 is 4.74 Å². The van der Waals surface area contributed by atoms with Crippen LogP contribution in [0.3, 0.4) is 0 Å². The largest absolute Gasteiger partial charge is 0.457 e.